The molecule has 0 aliphatic carbocycles. The zero-order valence-electron chi connectivity index (χ0n) is 11.9. The molecule has 0 radical (unpaired) electrons. The highest BCUT2D eigenvalue weighted by Gasteiger charge is 2.02. The normalized spacial score (nSPS) is 10.6. The highest BCUT2D eigenvalue weighted by Crippen LogP contribution is 2.22. The summed E-state index contributed by atoms with van der Waals surface area (Å²) < 4.78 is 5.86. The zero-order chi connectivity index (χ0) is 14.4. The standard InChI is InChI=1S/C17H20ClNO/c1-3-19-11-14-5-4-6-15(10-14)12-20-17-8-7-16(18)9-13(17)2/h4-10,19H,3,11-12H2,1-2H3. The molecule has 0 fully saturated rings. The van der Waals surface area contributed by atoms with E-state index in [-0.39, 0.29) is 0 Å². The van der Waals surface area contributed by atoms with Crippen molar-refractivity contribution in [2.75, 3.05) is 6.54 Å². The lowest BCUT2D eigenvalue weighted by atomic mass is 10.1. The van der Waals surface area contributed by atoms with Crippen LogP contribution in [0, 0.1) is 6.92 Å². The molecule has 2 nitrogen and oxygen atoms in total. The van der Waals surface area contributed by atoms with E-state index in [2.05, 4.69) is 36.5 Å². The Bertz CT molecular complexity index is 569. The van der Waals surface area contributed by atoms with Crippen LogP contribution in [0.4, 0.5) is 0 Å². The Labute approximate surface area is 125 Å². The molecule has 0 saturated carbocycles. The Morgan fingerprint density at radius 2 is 1.90 bits per heavy atom. The molecule has 0 atom stereocenters. The van der Waals surface area contributed by atoms with Gasteiger partial charge in [0.05, 0.1) is 0 Å². The number of aryl methyl sites for hydroxylation is 1. The molecule has 2 aromatic carbocycles. The first-order valence-electron chi connectivity index (χ1n) is 6.86. The fraction of sp³-hybridized carbons (Fsp3) is 0.294. The van der Waals surface area contributed by atoms with E-state index in [1.807, 2.05) is 25.1 Å². The molecule has 0 spiro atoms. The molecule has 20 heavy (non-hydrogen) atoms. The summed E-state index contributed by atoms with van der Waals surface area (Å²) in [5.74, 6) is 0.881. The van der Waals surface area contributed by atoms with Gasteiger partial charge in [-0.1, -0.05) is 42.8 Å². The van der Waals surface area contributed by atoms with Crippen molar-refractivity contribution in [1.82, 2.24) is 5.32 Å². The fourth-order valence-corrected chi connectivity index (χ4v) is 2.26. The smallest absolute Gasteiger partial charge is 0.122 e. The maximum Gasteiger partial charge on any atom is 0.122 e. The lowest BCUT2D eigenvalue weighted by molar-refractivity contribution is 0.304. The van der Waals surface area contributed by atoms with Crippen LogP contribution in [0.3, 0.4) is 0 Å². The third kappa shape index (κ3) is 4.26. The molecule has 0 bridgehead atoms. The first kappa shape index (κ1) is 14.9. The minimum absolute atomic E-state index is 0.572. The summed E-state index contributed by atoms with van der Waals surface area (Å²) in [6, 6.07) is 14.1. The molecule has 106 valence electrons. The highest BCUT2D eigenvalue weighted by atomic mass is 35.5. The average Bonchev–Trinajstić information content (AvgIpc) is 2.45. The van der Waals surface area contributed by atoms with Crippen LogP contribution in [0.25, 0.3) is 0 Å². The van der Waals surface area contributed by atoms with Crippen LogP contribution >= 0.6 is 11.6 Å². The van der Waals surface area contributed by atoms with Crippen molar-refractivity contribution in [2.24, 2.45) is 0 Å². The molecular formula is C17H20ClNO. The first-order valence-corrected chi connectivity index (χ1v) is 7.24. The van der Waals surface area contributed by atoms with E-state index < -0.39 is 0 Å². The summed E-state index contributed by atoms with van der Waals surface area (Å²) in [6.45, 7) is 6.55. The van der Waals surface area contributed by atoms with E-state index in [1.54, 1.807) is 0 Å². The molecule has 3 heteroatoms. The molecule has 2 aromatic rings. The van der Waals surface area contributed by atoms with Gasteiger partial charge in [-0.3, -0.25) is 0 Å². The van der Waals surface area contributed by atoms with E-state index in [0.717, 1.165) is 29.4 Å². The van der Waals surface area contributed by atoms with Crippen LogP contribution in [-0.4, -0.2) is 6.54 Å². The van der Waals surface area contributed by atoms with Gasteiger partial charge in [-0.25, -0.2) is 0 Å². The molecular weight excluding hydrogens is 270 g/mol. The van der Waals surface area contributed by atoms with E-state index in [0.29, 0.717) is 6.61 Å². The molecule has 0 unspecified atom stereocenters. The van der Waals surface area contributed by atoms with Gasteiger partial charge in [0.15, 0.2) is 0 Å². The third-order valence-electron chi connectivity index (χ3n) is 3.10. The summed E-state index contributed by atoms with van der Waals surface area (Å²) in [7, 11) is 0. The Morgan fingerprint density at radius 1 is 1.10 bits per heavy atom. The number of ether oxygens (including phenoxy) is 1. The minimum Gasteiger partial charge on any atom is -0.489 e. The summed E-state index contributed by atoms with van der Waals surface area (Å²) in [6.07, 6.45) is 0. The van der Waals surface area contributed by atoms with Crippen LogP contribution < -0.4 is 10.1 Å². The van der Waals surface area contributed by atoms with Crippen molar-refractivity contribution in [3.8, 4) is 5.75 Å². The van der Waals surface area contributed by atoms with Crippen molar-refractivity contribution in [2.45, 2.75) is 27.0 Å². The van der Waals surface area contributed by atoms with Crippen LogP contribution in [0.1, 0.15) is 23.6 Å². The van der Waals surface area contributed by atoms with Crippen LogP contribution in [-0.2, 0) is 13.2 Å². The summed E-state index contributed by atoms with van der Waals surface area (Å²) in [5, 5.41) is 4.06. The van der Waals surface area contributed by atoms with Crippen molar-refractivity contribution in [3.05, 3.63) is 64.2 Å². The summed E-state index contributed by atoms with van der Waals surface area (Å²) in [5.41, 5.74) is 3.51. The predicted molar refractivity (Wildman–Crippen MR) is 84.3 cm³/mol. The van der Waals surface area contributed by atoms with Gasteiger partial charge >= 0.3 is 0 Å². The number of rotatable bonds is 6. The third-order valence-corrected chi connectivity index (χ3v) is 3.34. The van der Waals surface area contributed by atoms with Gasteiger partial charge in [0.2, 0.25) is 0 Å². The topological polar surface area (TPSA) is 21.3 Å². The molecule has 0 saturated heterocycles. The van der Waals surface area contributed by atoms with Gasteiger partial charge in [0.1, 0.15) is 12.4 Å². The van der Waals surface area contributed by atoms with Gasteiger partial charge < -0.3 is 10.1 Å². The first-order chi connectivity index (χ1) is 9.69. The van der Waals surface area contributed by atoms with Crippen molar-refractivity contribution in [1.29, 1.82) is 0 Å². The van der Waals surface area contributed by atoms with Gasteiger partial charge in [-0.15, -0.1) is 0 Å². The van der Waals surface area contributed by atoms with E-state index in [9.17, 15) is 0 Å². The van der Waals surface area contributed by atoms with Gasteiger partial charge in [0.25, 0.3) is 0 Å². The Balaban J connectivity index is 1.99. The Morgan fingerprint density at radius 3 is 2.65 bits per heavy atom. The molecule has 1 N–H and O–H groups in total. The highest BCUT2D eigenvalue weighted by molar-refractivity contribution is 6.30. The molecule has 0 heterocycles. The van der Waals surface area contributed by atoms with E-state index in [1.165, 1.54) is 11.1 Å². The minimum atomic E-state index is 0.572. The number of nitrogens with one attached hydrogen (secondary N) is 1. The fourth-order valence-electron chi connectivity index (χ4n) is 2.03. The van der Waals surface area contributed by atoms with Gasteiger partial charge in [0, 0.05) is 11.6 Å². The number of hydrogen-bond acceptors (Lipinski definition) is 2. The van der Waals surface area contributed by atoms with E-state index >= 15 is 0 Å². The predicted octanol–water partition coefficient (Wildman–Crippen LogP) is 4.34. The molecule has 0 aliphatic rings. The molecule has 0 aliphatic heterocycles. The molecule has 0 aromatic heterocycles. The zero-order valence-corrected chi connectivity index (χ0v) is 12.7. The molecule has 0 amide bonds. The number of benzene rings is 2. The second kappa shape index (κ2) is 7.32. The van der Waals surface area contributed by atoms with E-state index in [4.69, 9.17) is 16.3 Å². The average molecular weight is 290 g/mol. The Hall–Kier alpha value is -1.51. The monoisotopic (exact) mass is 289 g/mol. The van der Waals surface area contributed by atoms with Gasteiger partial charge in [-0.05, 0) is 48.4 Å². The number of hydrogen-bond donors (Lipinski definition) is 1. The van der Waals surface area contributed by atoms with Gasteiger partial charge in [-0.2, -0.15) is 0 Å². The SMILES string of the molecule is CCNCc1cccc(COc2ccc(Cl)cc2C)c1. The Kier molecular flexibility index (Phi) is 5.45. The second-order valence-corrected chi connectivity index (χ2v) is 5.24. The van der Waals surface area contributed by atoms with Crippen LogP contribution in [0.2, 0.25) is 5.02 Å². The lowest BCUT2D eigenvalue weighted by Gasteiger charge is -2.10. The van der Waals surface area contributed by atoms with Crippen LogP contribution in [0.5, 0.6) is 5.75 Å². The van der Waals surface area contributed by atoms with Crippen molar-refractivity contribution < 1.29 is 4.74 Å². The number of halogens is 1. The summed E-state index contributed by atoms with van der Waals surface area (Å²) in [4.78, 5) is 0. The second-order valence-electron chi connectivity index (χ2n) is 4.80. The molecule has 2 rings (SSSR count). The lowest BCUT2D eigenvalue weighted by Crippen LogP contribution is -2.11. The maximum absolute atomic E-state index is 5.94. The quantitative estimate of drug-likeness (QED) is 0.854. The largest absolute Gasteiger partial charge is 0.489 e. The van der Waals surface area contributed by atoms with Crippen molar-refractivity contribution >= 4 is 11.6 Å². The van der Waals surface area contributed by atoms with Crippen LogP contribution in [0.15, 0.2) is 42.5 Å². The maximum atomic E-state index is 5.94. The summed E-state index contributed by atoms with van der Waals surface area (Å²) >= 11 is 5.94. The van der Waals surface area contributed by atoms with Crippen molar-refractivity contribution in [3.63, 3.8) is 0 Å².